The highest BCUT2D eigenvalue weighted by atomic mass is 32.2. The summed E-state index contributed by atoms with van der Waals surface area (Å²) < 4.78 is 31.5. The molecule has 26 heavy (non-hydrogen) atoms. The summed E-state index contributed by atoms with van der Waals surface area (Å²) in [5.41, 5.74) is 0.507. The smallest absolute Gasteiger partial charge is 0.311 e. The lowest BCUT2D eigenvalue weighted by Crippen LogP contribution is -2.56. The molecule has 1 N–H and O–H groups in total. The van der Waals surface area contributed by atoms with Gasteiger partial charge in [0.25, 0.3) is 0 Å². The third kappa shape index (κ3) is 3.46. The number of hydrogen-bond acceptors (Lipinski definition) is 7. The normalized spacial score (nSPS) is 15.3. The third-order valence-electron chi connectivity index (χ3n) is 4.10. The first-order valence-electron chi connectivity index (χ1n) is 7.84. The molecule has 0 bridgehead atoms. The molecule has 0 spiro atoms. The number of aryl methyl sites for hydroxylation is 1. The van der Waals surface area contributed by atoms with Crippen LogP contribution in [-0.4, -0.2) is 48.9 Å². The largest absolute Gasteiger partial charge is 0.497 e. The summed E-state index contributed by atoms with van der Waals surface area (Å²) in [6.07, 6.45) is 0. The van der Waals surface area contributed by atoms with Gasteiger partial charge in [0.1, 0.15) is 5.75 Å². The van der Waals surface area contributed by atoms with Crippen LogP contribution >= 0.6 is 0 Å². The van der Waals surface area contributed by atoms with Crippen molar-refractivity contribution < 1.29 is 18.1 Å². The Bertz CT molecular complexity index is 924. The molecule has 0 saturated carbocycles. The summed E-state index contributed by atoms with van der Waals surface area (Å²) in [7, 11) is -2.10. The molecular weight excluding hydrogens is 360 g/mol. The first-order valence-corrected chi connectivity index (χ1v) is 9.28. The Morgan fingerprint density at radius 3 is 2.46 bits per heavy atom. The van der Waals surface area contributed by atoms with Crippen molar-refractivity contribution in [3.05, 3.63) is 52.2 Å². The number of anilines is 1. The number of aromatic nitrogens is 1. The van der Waals surface area contributed by atoms with Gasteiger partial charge in [-0.05, 0) is 37.3 Å². The molecule has 1 fully saturated rings. The summed E-state index contributed by atoms with van der Waals surface area (Å²) in [5, 5.41) is 14.1. The Hall–Kier alpha value is -2.72. The number of nitrogens with zero attached hydrogens (tertiary/aromatic N) is 3. The molecule has 138 valence electrons. The van der Waals surface area contributed by atoms with Gasteiger partial charge in [0, 0.05) is 24.8 Å². The lowest BCUT2D eigenvalue weighted by molar-refractivity contribution is -0.384. The van der Waals surface area contributed by atoms with E-state index < -0.39 is 14.9 Å². The lowest BCUT2D eigenvalue weighted by atomic mass is 10.2. The van der Waals surface area contributed by atoms with Gasteiger partial charge >= 0.3 is 5.69 Å². The molecule has 1 aromatic heterocycles. The van der Waals surface area contributed by atoms with Crippen molar-refractivity contribution in [1.82, 2.24) is 9.29 Å². The number of nitro groups is 1. The molecule has 1 aromatic carbocycles. The molecule has 1 aliphatic heterocycles. The van der Waals surface area contributed by atoms with Crippen LogP contribution in [0, 0.1) is 17.0 Å². The van der Waals surface area contributed by atoms with Crippen LogP contribution in [0.4, 0.5) is 11.5 Å². The minimum Gasteiger partial charge on any atom is -0.497 e. The number of benzene rings is 1. The summed E-state index contributed by atoms with van der Waals surface area (Å²) in [6, 6.07) is 8.85. The molecule has 1 saturated heterocycles. The maximum absolute atomic E-state index is 12.6. The van der Waals surface area contributed by atoms with Crippen molar-refractivity contribution in [3.8, 4) is 5.75 Å². The highest BCUT2D eigenvalue weighted by Crippen LogP contribution is 2.28. The molecule has 2 heterocycles. The van der Waals surface area contributed by atoms with E-state index in [-0.39, 0.29) is 35.5 Å². The van der Waals surface area contributed by atoms with Crippen LogP contribution in [0.25, 0.3) is 0 Å². The van der Waals surface area contributed by atoms with Crippen LogP contribution in [0.1, 0.15) is 5.69 Å². The van der Waals surface area contributed by atoms with Gasteiger partial charge in [-0.25, -0.2) is 13.4 Å². The van der Waals surface area contributed by atoms with E-state index in [4.69, 9.17) is 4.74 Å². The molecule has 0 unspecified atom stereocenters. The van der Waals surface area contributed by atoms with Gasteiger partial charge in [-0.15, -0.1) is 0 Å². The molecule has 9 nitrogen and oxygen atoms in total. The number of rotatable bonds is 6. The second kappa shape index (κ2) is 6.89. The summed E-state index contributed by atoms with van der Waals surface area (Å²) in [4.78, 5) is 14.9. The SMILES string of the molecule is COc1ccc(S(=O)(=O)N2CC(Nc3nc(C)ccc3[N+](=O)[O-])C2)cc1. The predicted octanol–water partition coefficient (Wildman–Crippen LogP) is 1.79. The highest BCUT2D eigenvalue weighted by Gasteiger charge is 2.37. The standard InChI is InChI=1S/C16H18N4O5S/c1-11-3-8-15(20(21)22)16(17-11)18-12-9-19(10-12)26(23,24)14-6-4-13(25-2)5-7-14/h3-8,12H,9-10H2,1-2H3,(H,17,18). The zero-order valence-electron chi connectivity index (χ0n) is 14.2. The number of hydrogen-bond donors (Lipinski definition) is 1. The maximum Gasteiger partial charge on any atom is 0.311 e. The third-order valence-corrected chi connectivity index (χ3v) is 5.94. The Kier molecular flexibility index (Phi) is 4.79. The fraction of sp³-hybridized carbons (Fsp3) is 0.312. The first-order chi connectivity index (χ1) is 12.3. The minimum absolute atomic E-state index is 0.132. The zero-order chi connectivity index (χ0) is 18.9. The fourth-order valence-corrected chi connectivity index (χ4v) is 4.15. The monoisotopic (exact) mass is 378 g/mol. The van der Waals surface area contributed by atoms with Crippen LogP contribution in [0.5, 0.6) is 5.75 Å². The molecule has 0 amide bonds. The fourth-order valence-electron chi connectivity index (χ4n) is 2.62. The average molecular weight is 378 g/mol. The van der Waals surface area contributed by atoms with Crippen LogP contribution in [0.3, 0.4) is 0 Å². The summed E-state index contributed by atoms with van der Waals surface area (Å²) in [5.74, 6) is 0.728. The molecule has 0 atom stereocenters. The zero-order valence-corrected chi connectivity index (χ0v) is 15.1. The minimum atomic E-state index is -3.60. The van der Waals surface area contributed by atoms with Crippen LogP contribution < -0.4 is 10.1 Å². The van der Waals surface area contributed by atoms with Gasteiger partial charge in [-0.2, -0.15) is 4.31 Å². The van der Waals surface area contributed by atoms with Crippen molar-refractivity contribution in [2.45, 2.75) is 17.9 Å². The van der Waals surface area contributed by atoms with E-state index in [1.807, 2.05) is 0 Å². The van der Waals surface area contributed by atoms with Gasteiger partial charge in [0.15, 0.2) is 0 Å². The van der Waals surface area contributed by atoms with E-state index in [1.54, 1.807) is 25.1 Å². The number of nitrogens with one attached hydrogen (secondary N) is 1. The molecular formula is C16H18N4O5S. The Morgan fingerprint density at radius 1 is 1.23 bits per heavy atom. The molecule has 1 aliphatic rings. The number of ether oxygens (including phenoxy) is 1. The number of pyridine rings is 1. The number of sulfonamides is 1. The highest BCUT2D eigenvalue weighted by molar-refractivity contribution is 7.89. The van der Waals surface area contributed by atoms with Crippen LogP contribution in [0.2, 0.25) is 0 Å². The van der Waals surface area contributed by atoms with E-state index in [9.17, 15) is 18.5 Å². The summed E-state index contributed by atoms with van der Waals surface area (Å²) in [6.45, 7) is 2.15. The van der Waals surface area contributed by atoms with Crippen LogP contribution in [-0.2, 0) is 10.0 Å². The maximum atomic E-state index is 12.6. The van der Waals surface area contributed by atoms with Crippen LogP contribution in [0.15, 0.2) is 41.3 Å². The first kappa shape index (κ1) is 18.1. The predicted molar refractivity (Wildman–Crippen MR) is 94.8 cm³/mol. The Balaban J connectivity index is 1.69. The molecule has 2 aromatic rings. The van der Waals surface area contributed by atoms with Gasteiger partial charge in [0.2, 0.25) is 15.8 Å². The van der Waals surface area contributed by atoms with Crippen molar-refractivity contribution in [2.75, 3.05) is 25.5 Å². The Labute approximate surface area is 150 Å². The van der Waals surface area contributed by atoms with E-state index in [2.05, 4.69) is 10.3 Å². The van der Waals surface area contributed by atoms with E-state index in [0.29, 0.717) is 11.4 Å². The van der Waals surface area contributed by atoms with E-state index >= 15 is 0 Å². The topological polar surface area (TPSA) is 115 Å². The molecule has 0 aliphatic carbocycles. The van der Waals surface area contributed by atoms with Gasteiger partial charge in [0.05, 0.1) is 23.0 Å². The quantitative estimate of drug-likeness (QED) is 0.602. The molecule has 10 heteroatoms. The molecule has 3 rings (SSSR count). The van der Waals surface area contributed by atoms with E-state index in [0.717, 1.165) is 0 Å². The lowest BCUT2D eigenvalue weighted by Gasteiger charge is -2.38. The Morgan fingerprint density at radius 2 is 1.88 bits per heavy atom. The van der Waals surface area contributed by atoms with Crippen molar-refractivity contribution in [2.24, 2.45) is 0 Å². The average Bonchev–Trinajstić information content (AvgIpc) is 2.57. The van der Waals surface area contributed by atoms with Crippen molar-refractivity contribution in [1.29, 1.82) is 0 Å². The van der Waals surface area contributed by atoms with Gasteiger partial charge in [-0.3, -0.25) is 10.1 Å². The second-order valence-corrected chi connectivity index (χ2v) is 7.85. The van der Waals surface area contributed by atoms with E-state index in [1.165, 1.54) is 29.6 Å². The van der Waals surface area contributed by atoms with Crippen molar-refractivity contribution >= 4 is 21.5 Å². The van der Waals surface area contributed by atoms with Gasteiger partial charge < -0.3 is 10.1 Å². The van der Waals surface area contributed by atoms with Crippen molar-refractivity contribution in [3.63, 3.8) is 0 Å². The van der Waals surface area contributed by atoms with Gasteiger partial charge in [-0.1, -0.05) is 0 Å². The second-order valence-electron chi connectivity index (χ2n) is 5.92. The summed E-state index contributed by atoms with van der Waals surface area (Å²) >= 11 is 0. The molecule has 0 radical (unpaired) electrons. The number of methoxy groups -OCH3 is 1.